The monoisotopic (exact) mass is 391 g/mol. The summed E-state index contributed by atoms with van der Waals surface area (Å²) in [6.45, 7) is 0.0139. The third-order valence-corrected chi connectivity index (χ3v) is 4.15. The van der Waals surface area contributed by atoms with Gasteiger partial charge in [-0.3, -0.25) is 4.79 Å². The molecule has 9 nitrogen and oxygen atoms in total. The van der Waals surface area contributed by atoms with Crippen LogP contribution in [0.4, 0.5) is 5.69 Å². The average molecular weight is 391 g/mol. The van der Waals surface area contributed by atoms with Crippen molar-refractivity contribution in [3.63, 3.8) is 0 Å². The minimum atomic E-state index is -0.442. The summed E-state index contributed by atoms with van der Waals surface area (Å²) in [6, 6.07) is 4.77. The second-order valence-electron chi connectivity index (χ2n) is 5.59. The zero-order valence-corrected chi connectivity index (χ0v) is 16.2. The first-order valence-corrected chi connectivity index (χ1v) is 8.23. The van der Waals surface area contributed by atoms with Crippen LogP contribution in [-0.4, -0.2) is 48.2 Å². The Morgan fingerprint density at radius 1 is 0.786 bits per heavy atom. The maximum atomic E-state index is 13.0. The van der Waals surface area contributed by atoms with Crippen LogP contribution in [0.5, 0.6) is 40.2 Å². The number of rotatable bonds is 7. The molecule has 0 saturated heterocycles. The van der Waals surface area contributed by atoms with Gasteiger partial charge < -0.3 is 38.5 Å². The molecule has 0 aromatic heterocycles. The summed E-state index contributed by atoms with van der Waals surface area (Å²) < 4.78 is 37.4. The van der Waals surface area contributed by atoms with Crippen LogP contribution >= 0.6 is 0 Å². The lowest BCUT2D eigenvalue weighted by molar-refractivity contribution is 0.102. The van der Waals surface area contributed by atoms with Crippen molar-refractivity contribution in [2.75, 3.05) is 47.7 Å². The van der Waals surface area contributed by atoms with Gasteiger partial charge in [0.25, 0.3) is 5.91 Å². The number of ether oxygens (including phenoxy) is 7. The number of methoxy groups -OCH3 is 5. The molecule has 2 aromatic carbocycles. The van der Waals surface area contributed by atoms with Gasteiger partial charge in [-0.1, -0.05) is 0 Å². The van der Waals surface area contributed by atoms with E-state index in [9.17, 15) is 4.79 Å². The molecule has 0 bridgehead atoms. The Balaban J connectivity index is 2.00. The van der Waals surface area contributed by atoms with Gasteiger partial charge in [-0.25, -0.2) is 0 Å². The second kappa shape index (κ2) is 8.03. The first-order chi connectivity index (χ1) is 13.6. The summed E-state index contributed by atoms with van der Waals surface area (Å²) in [5.74, 6) is 2.12. The summed E-state index contributed by atoms with van der Waals surface area (Å²) >= 11 is 0. The van der Waals surface area contributed by atoms with Gasteiger partial charge in [0, 0.05) is 23.9 Å². The Morgan fingerprint density at radius 2 is 1.36 bits per heavy atom. The van der Waals surface area contributed by atoms with Crippen LogP contribution in [0.1, 0.15) is 10.4 Å². The zero-order chi connectivity index (χ0) is 20.3. The molecule has 0 fully saturated rings. The summed E-state index contributed by atoms with van der Waals surface area (Å²) in [5.41, 5.74) is 0.663. The highest BCUT2D eigenvalue weighted by atomic mass is 16.7. The van der Waals surface area contributed by atoms with Crippen molar-refractivity contribution in [1.82, 2.24) is 0 Å². The smallest absolute Gasteiger partial charge is 0.259 e. The molecule has 0 spiro atoms. The van der Waals surface area contributed by atoms with E-state index in [2.05, 4.69) is 5.32 Å². The molecule has 1 heterocycles. The van der Waals surface area contributed by atoms with Crippen molar-refractivity contribution in [2.24, 2.45) is 0 Å². The highest BCUT2D eigenvalue weighted by molar-refractivity contribution is 6.07. The Morgan fingerprint density at radius 3 is 1.89 bits per heavy atom. The highest BCUT2D eigenvalue weighted by Gasteiger charge is 2.29. The number of carbonyl (C=O) groups is 1. The summed E-state index contributed by atoms with van der Waals surface area (Å²) in [6.07, 6.45) is 0. The number of anilines is 1. The highest BCUT2D eigenvalue weighted by Crippen LogP contribution is 2.49. The molecule has 1 amide bonds. The minimum Gasteiger partial charge on any atom is -0.493 e. The second-order valence-corrected chi connectivity index (χ2v) is 5.59. The number of fused-ring (bicyclic) bond motifs is 1. The summed E-state index contributed by atoms with van der Waals surface area (Å²) in [4.78, 5) is 13.0. The van der Waals surface area contributed by atoms with Crippen LogP contribution in [0, 0.1) is 0 Å². The number of hydrogen-bond donors (Lipinski definition) is 1. The quantitative estimate of drug-likeness (QED) is 0.770. The molecule has 0 aliphatic carbocycles. The molecular weight excluding hydrogens is 370 g/mol. The number of benzene rings is 2. The maximum Gasteiger partial charge on any atom is 0.259 e. The van der Waals surface area contributed by atoms with E-state index in [1.54, 1.807) is 12.1 Å². The lowest BCUT2D eigenvalue weighted by Crippen LogP contribution is -2.14. The number of amides is 1. The van der Waals surface area contributed by atoms with Gasteiger partial charge >= 0.3 is 0 Å². The van der Waals surface area contributed by atoms with Gasteiger partial charge in [-0.2, -0.15) is 0 Å². The Kier molecular flexibility index (Phi) is 5.53. The maximum absolute atomic E-state index is 13.0. The van der Waals surface area contributed by atoms with Crippen LogP contribution < -0.4 is 38.5 Å². The molecule has 150 valence electrons. The Bertz CT molecular complexity index is 871. The van der Waals surface area contributed by atoms with Crippen molar-refractivity contribution in [2.45, 2.75) is 0 Å². The van der Waals surface area contributed by atoms with Crippen molar-refractivity contribution < 1.29 is 38.0 Å². The molecule has 0 radical (unpaired) electrons. The van der Waals surface area contributed by atoms with Gasteiger partial charge in [-0.05, 0) is 0 Å². The van der Waals surface area contributed by atoms with Crippen molar-refractivity contribution >= 4 is 11.6 Å². The molecule has 1 aliphatic rings. The Hall–Kier alpha value is -3.49. The van der Waals surface area contributed by atoms with Crippen LogP contribution in [0.2, 0.25) is 0 Å². The topological polar surface area (TPSA) is 93.7 Å². The van der Waals surface area contributed by atoms with Gasteiger partial charge in [0.05, 0.1) is 41.1 Å². The van der Waals surface area contributed by atoms with E-state index in [0.29, 0.717) is 40.2 Å². The fourth-order valence-electron chi connectivity index (χ4n) is 2.89. The van der Waals surface area contributed by atoms with E-state index in [0.717, 1.165) is 0 Å². The number of carbonyl (C=O) groups excluding carboxylic acids is 1. The van der Waals surface area contributed by atoms with E-state index < -0.39 is 5.91 Å². The molecule has 0 saturated carbocycles. The summed E-state index contributed by atoms with van der Waals surface area (Å²) in [7, 11) is 7.41. The molecule has 2 aromatic rings. The van der Waals surface area contributed by atoms with Crippen molar-refractivity contribution in [3.8, 4) is 40.2 Å². The number of nitrogens with one attached hydrogen (secondary N) is 1. The molecule has 28 heavy (non-hydrogen) atoms. The molecular formula is C19H21NO8. The van der Waals surface area contributed by atoms with E-state index in [4.69, 9.17) is 33.2 Å². The van der Waals surface area contributed by atoms with Crippen LogP contribution in [0.3, 0.4) is 0 Å². The van der Waals surface area contributed by atoms with Crippen LogP contribution in [0.15, 0.2) is 18.2 Å². The van der Waals surface area contributed by atoms with E-state index in [1.165, 1.54) is 41.6 Å². The van der Waals surface area contributed by atoms with E-state index >= 15 is 0 Å². The lowest BCUT2D eigenvalue weighted by atomic mass is 10.1. The normalized spacial score (nSPS) is 11.6. The molecule has 0 unspecified atom stereocenters. The third-order valence-electron chi connectivity index (χ3n) is 4.15. The van der Waals surface area contributed by atoms with Crippen molar-refractivity contribution in [3.05, 3.63) is 23.8 Å². The molecule has 1 N–H and O–H groups in total. The standard InChI is InChI=1S/C19H21NO8/c1-22-12-6-10(7-13(23-2)16(12)26-5)20-19(21)11-8-14(24-3)17-18(15(11)25-4)28-9-27-17/h6-8H,9H2,1-5H3,(H,20,21). The van der Waals surface area contributed by atoms with Crippen LogP contribution in [0.25, 0.3) is 0 Å². The number of hydrogen-bond acceptors (Lipinski definition) is 8. The van der Waals surface area contributed by atoms with E-state index in [1.807, 2.05) is 0 Å². The first kappa shape index (κ1) is 19.3. The first-order valence-electron chi connectivity index (χ1n) is 8.23. The van der Waals surface area contributed by atoms with E-state index in [-0.39, 0.29) is 18.1 Å². The molecule has 3 rings (SSSR count). The van der Waals surface area contributed by atoms with Gasteiger partial charge in [-0.15, -0.1) is 0 Å². The largest absolute Gasteiger partial charge is 0.493 e. The predicted octanol–water partition coefficient (Wildman–Crippen LogP) is 2.71. The minimum absolute atomic E-state index is 0.0139. The lowest BCUT2D eigenvalue weighted by Gasteiger charge is -2.16. The zero-order valence-electron chi connectivity index (χ0n) is 16.2. The Labute approximate surface area is 162 Å². The fraction of sp³-hybridized carbons (Fsp3) is 0.316. The fourth-order valence-corrected chi connectivity index (χ4v) is 2.89. The SMILES string of the molecule is COc1cc(NC(=O)c2cc(OC)c3c(c2OC)OCO3)cc(OC)c1OC. The van der Waals surface area contributed by atoms with Gasteiger partial charge in [0.15, 0.2) is 23.0 Å². The predicted molar refractivity (Wildman–Crippen MR) is 99.7 cm³/mol. The van der Waals surface area contributed by atoms with Crippen molar-refractivity contribution in [1.29, 1.82) is 0 Å². The molecule has 0 atom stereocenters. The molecule has 9 heteroatoms. The summed E-state index contributed by atoms with van der Waals surface area (Å²) in [5, 5.41) is 2.79. The molecule has 1 aliphatic heterocycles. The average Bonchev–Trinajstić information content (AvgIpc) is 3.21. The van der Waals surface area contributed by atoms with Gasteiger partial charge in [0.2, 0.25) is 24.0 Å². The third kappa shape index (κ3) is 3.26. The van der Waals surface area contributed by atoms with Crippen LogP contribution in [-0.2, 0) is 0 Å². The van der Waals surface area contributed by atoms with Gasteiger partial charge in [0.1, 0.15) is 0 Å².